The molecule has 94 valence electrons. The zero-order chi connectivity index (χ0) is 13.1. The molecule has 0 amide bonds. The first-order valence-electron chi connectivity index (χ1n) is 5.21. The third-order valence-electron chi connectivity index (χ3n) is 2.42. The van der Waals surface area contributed by atoms with Gasteiger partial charge in [0.1, 0.15) is 11.5 Å². The predicted molar refractivity (Wildman–Crippen MR) is 65.2 cm³/mol. The van der Waals surface area contributed by atoms with Crippen molar-refractivity contribution in [3.05, 3.63) is 40.8 Å². The van der Waals surface area contributed by atoms with Crippen LogP contribution >= 0.6 is 0 Å². The summed E-state index contributed by atoms with van der Waals surface area (Å²) in [7, 11) is 3.00. The summed E-state index contributed by atoms with van der Waals surface area (Å²) in [6.45, 7) is 0. The fraction of sp³-hybridized carbons (Fsp3) is 0.154. The zero-order valence-corrected chi connectivity index (χ0v) is 9.97. The monoisotopic (exact) mass is 248 g/mol. The summed E-state index contributed by atoms with van der Waals surface area (Å²) in [5.41, 5.74) is -0.0975. The first-order valence-corrected chi connectivity index (χ1v) is 5.21. The highest BCUT2D eigenvalue weighted by molar-refractivity contribution is 5.70. The first-order chi connectivity index (χ1) is 8.65. The van der Waals surface area contributed by atoms with Gasteiger partial charge in [-0.25, -0.2) is 4.79 Å². The number of hydrogen-bond acceptors (Lipinski definition) is 5. The number of ether oxygens (including phenoxy) is 2. The van der Waals surface area contributed by atoms with Gasteiger partial charge in [-0.05, 0) is 12.1 Å². The van der Waals surface area contributed by atoms with Crippen molar-refractivity contribution in [1.29, 1.82) is 0 Å². The van der Waals surface area contributed by atoms with Gasteiger partial charge in [-0.15, -0.1) is 0 Å². The average Bonchev–Trinajstić information content (AvgIpc) is 2.36. The van der Waals surface area contributed by atoms with Crippen molar-refractivity contribution >= 4 is 0 Å². The average molecular weight is 248 g/mol. The van der Waals surface area contributed by atoms with Gasteiger partial charge in [0.15, 0.2) is 11.5 Å². The SMILES string of the molecule is COc1cccc(-c2cc(O)cc(=O)o2)c1OC. The normalized spacial score (nSPS) is 10.1. The summed E-state index contributed by atoms with van der Waals surface area (Å²) in [4.78, 5) is 11.2. The van der Waals surface area contributed by atoms with Gasteiger partial charge in [0, 0.05) is 6.07 Å². The van der Waals surface area contributed by atoms with Crippen LogP contribution in [0.25, 0.3) is 11.3 Å². The third kappa shape index (κ3) is 2.15. The van der Waals surface area contributed by atoms with Crippen molar-refractivity contribution in [2.24, 2.45) is 0 Å². The number of para-hydroxylation sites is 1. The molecule has 2 rings (SSSR count). The highest BCUT2D eigenvalue weighted by Gasteiger charge is 2.14. The standard InChI is InChI=1S/C13H12O5/c1-16-10-5-3-4-9(13(10)17-2)11-6-8(14)7-12(15)18-11/h3-7,14H,1-2H3. The van der Waals surface area contributed by atoms with Crippen LogP contribution in [0.1, 0.15) is 0 Å². The quantitative estimate of drug-likeness (QED) is 0.900. The van der Waals surface area contributed by atoms with E-state index >= 15 is 0 Å². The van der Waals surface area contributed by atoms with Crippen LogP contribution in [-0.2, 0) is 0 Å². The van der Waals surface area contributed by atoms with E-state index in [1.54, 1.807) is 18.2 Å². The fourth-order valence-corrected chi connectivity index (χ4v) is 1.68. The van der Waals surface area contributed by atoms with Gasteiger partial charge >= 0.3 is 5.63 Å². The Kier molecular flexibility index (Phi) is 3.23. The minimum absolute atomic E-state index is 0.161. The van der Waals surface area contributed by atoms with Gasteiger partial charge in [0.2, 0.25) is 0 Å². The van der Waals surface area contributed by atoms with Crippen LogP contribution in [0.4, 0.5) is 0 Å². The van der Waals surface area contributed by atoms with Gasteiger partial charge in [-0.2, -0.15) is 0 Å². The second-order valence-electron chi connectivity index (χ2n) is 3.54. The van der Waals surface area contributed by atoms with Gasteiger partial charge in [-0.3, -0.25) is 0 Å². The van der Waals surface area contributed by atoms with Crippen molar-refractivity contribution in [2.45, 2.75) is 0 Å². The van der Waals surface area contributed by atoms with E-state index in [9.17, 15) is 9.90 Å². The minimum atomic E-state index is -0.630. The van der Waals surface area contributed by atoms with Crippen LogP contribution in [-0.4, -0.2) is 19.3 Å². The molecule has 0 spiro atoms. The van der Waals surface area contributed by atoms with Crippen LogP contribution < -0.4 is 15.1 Å². The van der Waals surface area contributed by atoms with E-state index in [-0.39, 0.29) is 11.5 Å². The second kappa shape index (κ2) is 4.83. The predicted octanol–water partition coefficient (Wildman–Crippen LogP) is 2.03. The molecule has 2 aromatic rings. The van der Waals surface area contributed by atoms with E-state index in [4.69, 9.17) is 13.9 Å². The van der Waals surface area contributed by atoms with Crippen molar-refractivity contribution in [3.8, 4) is 28.6 Å². The molecule has 0 bridgehead atoms. The highest BCUT2D eigenvalue weighted by Crippen LogP contribution is 2.37. The Labute approximate surface area is 103 Å². The van der Waals surface area contributed by atoms with Gasteiger partial charge in [-0.1, -0.05) is 6.07 Å². The lowest BCUT2D eigenvalue weighted by Crippen LogP contribution is -1.98. The van der Waals surface area contributed by atoms with Gasteiger partial charge in [0.25, 0.3) is 0 Å². The molecule has 0 saturated heterocycles. The van der Waals surface area contributed by atoms with Crippen LogP contribution in [0, 0.1) is 0 Å². The number of rotatable bonds is 3. The Morgan fingerprint density at radius 3 is 2.56 bits per heavy atom. The molecule has 18 heavy (non-hydrogen) atoms. The van der Waals surface area contributed by atoms with Crippen molar-refractivity contribution < 1.29 is 19.0 Å². The Hall–Kier alpha value is -2.43. The zero-order valence-electron chi connectivity index (χ0n) is 9.97. The molecule has 0 aliphatic heterocycles. The van der Waals surface area contributed by atoms with E-state index in [1.165, 1.54) is 20.3 Å². The maximum atomic E-state index is 11.2. The fourth-order valence-electron chi connectivity index (χ4n) is 1.68. The molecule has 5 heteroatoms. The van der Waals surface area contributed by atoms with E-state index in [0.29, 0.717) is 17.1 Å². The highest BCUT2D eigenvalue weighted by atomic mass is 16.5. The van der Waals surface area contributed by atoms with Crippen molar-refractivity contribution in [3.63, 3.8) is 0 Å². The van der Waals surface area contributed by atoms with E-state index in [1.807, 2.05) is 0 Å². The summed E-state index contributed by atoms with van der Waals surface area (Å²) in [5.74, 6) is 1.01. The number of benzene rings is 1. The summed E-state index contributed by atoms with van der Waals surface area (Å²) < 4.78 is 15.4. The minimum Gasteiger partial charge on any atom is -0.508 e. The lowest BCUT2D eigenvalue weighted by molar-refractivity contribution is 0.355. The molecule has 1 aromatic heterocycles. The summed E-state index contributed by atoms with van der Waals surface area (Å²) >= 11 is 0. The maximum absolute atomic E-state index is 11.2. The molecule has 0 radical (unpaired) electrons. The molecule has 0 aliphatic rings. The number of methoxy groups -OCH3 is 2. The number of aromatic hydroxyl groups is 1. The van der Waals surface area contributed by atoms with Gasteiger partial charge in [0.05, 0.1) is 25.8 Å². The first kappa shape index (κ1) is 12.0. The Morgan fingerprint density at radius 1 is 1.17 bits per heavy atom. The Morgan fingerprint density at radius 2 is 1.94 bits per heavy atom. The molecule has 0 fully saturated rings. The van der Waals surface area contributed by atoms with E-state index in [2.05, 4.69) is 0 Å². The smallest absolute Gasteiger partial charge is 0.339 e. The van der Waals surface area contributed by atoms with Crippen molar-refractivity contribution in [2.75, 3.05) is 14.2 Å². The van der Waals surface area contributed by atoms with Crippen LogP contribution in [0.3, 0.4) is 0 Å². The van der Waals surface area contributed by atoms with Gasteiger partial charge < -0.3 is 19.0 Å². The molecule has 1 heterocycles. The van der Waals surface area contributed by atoms with Crippen LogP contribution in [0.5, 0.6) is 17.2 Å². The van der Waals surface area contributed by atoms with E-state index in [0.717, 1.165) is 6.07 Å². The molecule has 5 nitrogen and oxygen atoms in total. The molecular formula is C13H12O5. The second-order valence-corrected chi connectivity index (χ2v) is 3.54. The summed E-state index contributed by atoms with van der Waals surface area (Å²) in [6, 6.07) is 7.51. The molecule has 0 saturated carbocycles. The van der Waals surface area contributed by atoms with E-state index < -0.39 is 5.63 Å². The molecule has 1 aromatic carbocycles. The molecular weight excluding hydrogens is 236 g/mol. The molecule has 1 N–H and O–H groups in total. The largest absolute Gasteiger partial charge is 0.508 e. The maximum Gasteiger partial charge on any atom is 0.339 e. The van der Waals surface area contributed by atoms with Crippen LogP contribution in [0.2, 0.25) is 0 Å². The lowest BCUT2D eigenvalue weighted by Gasteiger charge is -2.11. The molecule has 0 atom stereocenters. The van der Waals surface area contributed by atoms with Crippen LogP contribution in [0.15, 0.2) is 39.5 Å². The topological polar surface area (TPSA) is 68.9 Å². The summed E-state index contributed by atoms with van der Waals surface area (Å²) in [6.07, 6.45) is 0. The summed E-state index contributed by atoms with van der Waals surface area (Å²) in [5, 5.41) is 9.41. The Balaban J connectivity index is 2.66. The lowest BCUT2D eigenvalue weighted by atomic mass is 10.1. The third-order valence-corrected chi connectivity index (χ3v) is 2.42. The number of hydrogen-bond donors (Lipinski definition) is 1. The van der Waals surface area contributed by atoms with Crippen molar-refractivity contribution in [1.82, 2.24) is 0 Å². The Bertz CT molecular complexity index is 615. The molecule has 0 unspecified atom stereocenters. The molecule has 0 aliphatic carbocycles.